The van der Waals surface area contributed by atoms with Crippen molar-refractivity contribution in [1.82, 2.24) is 9.55 Å². The number of aromatic nitrogens is 2. The van der Waals surface area contributed by atoms with Crippen molar-refractivity contribution in [3.05, 3.63) is 68.0 Å². The van der Waals surface area contributed by atoms with E-state index in [1.54, 1.807) is 6.07 Å². The number of aromatic amines is 1. The predicted octanol–water partition coefficient (Wildman–Crippen LogP) is 0.959. The number of hydrogen-bond acceptors (Lipinski definition) is 3. The molecule has 1 aromatic carbocycles. The van der Waals surface area contributed by atoms with Crippen LogP contribution in [0, 0.1) is 18.3 Å². The van der Waals surface area contributed by atoms with E-state index in [9.17, 15) is 9.59 Å². The van der Waals surface area contributed by atoms with Gasteiger partial charge in [-0.3, -0.25) is 14.3 Å². The summed E-state index contributed by atoms with van der Waals surface area (Å²) in [7, 11) is 0. The van der Waals surface area contributed by atoms with Gasteiger partial charge in [-0.1, -0.05) is 24.3 Å². The van der Waals surface area contributed by atoms with Gasteiger partial charge in [-0.15, -0.1) is 0 Å². The molecule has 0 radical (unpaired) electrons. The highest BCUT2D eigenvalue weighted by Crippen LogP contribution is 2.08. The molecule has 5 nitrogen and oxygen atoms in total. The van der Waals surface area contributed by atoms with Gasteiger partial charge in [-0.05, 0) is 24.5 Å². The maximum absolute atomic E-state index is 11.6. The Kier molecular flexibility index (Phi) is 3.62. The minimum absolute atomic E-state index is 0.0515. The van der Waals surface area contributed by atoms with Crippen molar-refractivity contribution in [2.75, 3.05) is 0 Å². The SMILES string of the molecule is Cc1ccccc1CCn1cc(C#N)c(=O)[nH]c1=O. The van der Waals surface area contributed by atoms with Gasteiger partial charge in [0.2, 0.25) is 0 Å². The lowest BCUT2D eigenvalue weighted by Crippen LogP contribution is -2.31. The van der Waals surface area contributed by atoms with Crippen molar-refractivity contribution in [3.8, 4) is 6.07 Å². The number of aryl methyl sites for hydroxylation is 3. The molecule has 0 saturated carbocycles. The first-order valence-corrected chi connectivity index (χ1v) is 5.90. The van der Waals surface area contributed by atoms with Gasteiger partial charge in [0.25, 0.3) is 5.56 Å². The van der Waals surface area contributed by atoms with Gasteiger partial charge in [0.1, 0.15) is 11.6 Å². The summed E-state index contributed by atoms with van der Waals surface area (Å²) in [6, 6.07) is 9.67. The Bertz CT molecular complexity index is 750. The van der Waals surface area contributed by atoms with Crippen molar-refractivity contribution in [2.24, 2.45) is 0 Å². The fraction of sp³-hybridized carbons (Fsp3) is 0.214. The van der Waals surface area contributed by atoms with Crippen LogP contribution in [0.3, 0.4) is 0 Å². The maximum Gasteiger partial charge on any atom is 0.328 e. The fourth-order valence-electron chi connectivity index (χ4n) is 1.89. The Morgan fingerprint density at radius 1 is 1.32 bits per heavy atom. The zero-order chi connectivity index (χ0) is 13.8. The van der Waals surface area contributed by atoms with E-state index in [0.29, 0.717) is 13.0 Å². The number of hydrogen-bond donors (Lipinski definition) is 1. The minimum atomic E-state index is -0.639. The van der Waals surface area contributed by atoms with E-state index in [1.807, 2.05) is 31.2 Å². The second-order valence-electron chi connectivity index (χ2n) is 4.28. The lowest BCUT2D eigenvalue weighted by molar-refractivity contribution is 0.642. The smallest absolute Gasteiger partial charge is 0.299 e. The van der Waals surface area contributed by atoms with Crippen LogP contribution in [0.4, 0.5) is 0 Å². The normalized spacial score (nSPS) is 10.1. The highest BCUT2D eigenvalue weighted by Gasteiger charge is 2.04. The molecule has 0 saturated heterocycles. The molecule has 2 aromatic rings. The van der Waals surface area contributed by atoms with Gasteiger partial charge in [0, 0.05) is 12.7 Å². The van der Waals surface area contributed by atoms with Crippen molar-refractivity contribution in [1.29, 1.82) is 5.26 Å². The van der Waals surface area contributed by atoms with Crippen LogP contribution in [0.5, 0.6) is 0 Å². The van der Waals surface area contributed by atoms with Crippen LogP contribution in [0.15, 0.2) is 40.1 Å². The zero-order valence-electron chi connectivity index (χ0n) is 10.5. The van der Waals surface area contributed by atoms with Gasteiger partial charge < -0.3 is 0 Å². The van der Waals surface area contributed by atoms with E-state index in [-0.39, 0.29) is 5.56 Å². The number of benzene rings is 1. The number of H-pyrrole nitrogens is 1. The van der Waals surface area contributed by atoms with Crippen LogP contribution in [-0.2, 0) is 13.0 Å². The Morgan fingerprint density at radius 2 is 2.05 bits per heavy atom. The monoisotopic (exact) mass is 255 g/mol. The van der Waals surface area contributed by atoms with E-state index < -0.39 is 11.2 Å². The number of nitrogens with zero attached hydrogens (tertiary/aromatic N) is 2. The average Bonchev–Trinajstić information content (AvgIpc) is 2.39. The lowest BCUT2D eigenvalue weighted by atomic mass is 10.1. The summed E-state index contributed by atoms with van der Waals surface area (Å²) >= 11 is 0. The topological polar surface area (TPSA) is 78.7 Å². The largest absolute Gasteiger partial charge is 0.328 e. The van der Waals surface area contributed by atoms with Gasteiger partial charge in [-0.25, -0.2) is 4.79 Å². The van der Waals surface area contributed by atoms with Gasteiger partial charge in [0.15, 0.2) is 0 Å². The molecule has 5 heteroatoms. The van der Waals surface area contributed by atoms with E-state index in [4.69, 9.17) is 5.26 Å². The molecule has 0 fully saturated rings. The summed E-state index contributed by atoms with van der Waals surface area (Å²) in [6.07, 6.45) is 1.98. The third-order valence-corrected chi connectivity index (χ3v) is 3.01. The highest BCUT2D eigenvalue weighted by atomic mass is 16.2. The first-order chi connectivity index (χ1) is 9.11. The maximum atomic E-state index is 11.6. The number of nitriles is 1. The minimum Gasteiger partial charge on any atom is -0.299 e. The Labute approximate surface area is 109 Å². The second kappa shape index (κ2) is 5.36. The Hall–Kier alpha value is -2.61. The standard InChI is InChI=1S/C14H13N3O2/c1-10-4-2-3-5-11(10)6-7-17-9-12(8-15)13(18)16-14(17)19/h2-5,9H,6-7H2,1H3,(H,16,18,19). The second-order valence-corrected chi connectivity index (χ2v) is 4.28. The molecule has 0 aliphatic rings. The van der Waals surface area contributed by atoms with Crippen LogP contribution in [0.2, 0.25) is 0 Å². The summed E-state index contributed by atoms with van der Waals surface area (Å²) < 4.78 is 1.35. The number of rotatable bonds is 3. The first kappa shape index (κ1) is 12.8. The molecule has 0 unspecified atom stereocenters. The molecule has 1 N–H and O–H groups in total. The molecule has 0 aliphatic heterocycles. The zero-order valence-corrected chi connectivity index (χ0v) is 10.5. The lowest BCUT2D eigenvalue weighted by Gasteiger charge is -2.07. The quantitative estimate of drug-likeness (QED) is 0.887. The number of nitrogens with one attached hydrogen (secondary N) is 1. The van der Waals surface area contributed by atoms with Gasteiger partial charge >= 0.3 is 5.69 Å². The third-order valence-electron chi connectivity index (χ3n) is 3.01. The summed E-state index contributed by atoms with van der Waals surface area (Å²) in [6.45, 7) is 2.43. The van der Waals surface area contributed by atoms with Crippen LogP contribution < -0.4 is 11.2 Å². The molecule has 0 spiro atoms. The molecule has 19 heavy (non-hydrogen) atoms. The molecule has 96 valence electrons. The summed E-state index contributed by atoms with van der Waals surface area (Å²) in [5, 5.41) is 8.78. The fourth-order valence-corrected chi connectivity index (χ4v) is 1.89. The molecular weight excluding hydrogens is 242 g/mol. The Balaban J connectivity index is 2.26. The molecule has 1 heterocycles. The first-order valence-electron chi connectivity index (χ1n) is 5.90. The molecular formula is C14H13N3O2. The van der Waals surface area contributed by atoms with Gasteiger partial charge in [0.05, 0.1) is 0 Å². The van der Waals surface area contributed by atoms with Crippen LogP contribution in [-0.4, -0.2) is 9.55 Å². The van der Waals surface area contributed by atoms with Crippen LogP contribution in [0.25, 0.3) is 0 Å². The molecule has 0 bridgehead atoms. The summed E-state index contributed by atoms with van der Waals surface area (Å²) in [5.41, 5.74) is 1.11. The average molecular weight is 255 g/mol. The van der Waals surface area contributed by atoms with Gasteiger partial charge in [-0.2, -0.15) is 5.26 Å². The molecule has 1 aromatic heterocycles. The van der Waals surface area contributed by atoms with Crippen molar-refractivity contribution < 1.29 is 0 Å². The molecule has 0 amide bonds. The summed E-state index contributed by atoms with van der Waals surface area (Å²) in [4.78, 5) is 25.0. The molecule has 2 rings (SSSR count). The van der Waals surface area contributed by atoms with Crippen LogP contribution >= 0.6 is 0 Å². The predicted molar refractivity (Wildman–Crippen MR) is 70.9 cm³/mol. The van der Waals surface area contributed by atoms with Crippen molar-refractivity contribution >= 4 is 0 Å². The highest BCUT2D eigenvalue weighted by molar-refractivity contribution is 5.26. The summed E-state index contributed by atoms with van der Waals surface area (Å²) in [5.74, 6) is 0. The Morgan fingerprint density at radius 3 is 2.74 bits per heavy atom. The molecule has 0 atom stereocenters. The molecule has 0 aliphatic carbocycles. The van der Waals surface area contributed by atoms with E-state index in [1.165, 1.54) is 10.8 Å². The van der Waals surface area contributed by atoms with Crippen LogP contribution in [0.1, 0.15) is 16.7 Å². The third kappa shape index (κ3) is 2.80. The van der Waals surface area contributed by atoms with E-state index >= 15 is 0 Å². The van der Waals surface area contributed by atoms with Crippen molar-refractivity contribution in [2.45, 2.75) is 19.9 Å². The van der Waals surface area contributed by atoms with E-state index in [0.717, 1.165) is 11.1 Å². The van der Waals surface area contributed by atoms with E-state index in [2.05, 4.69) is 4.98 Å². The van der Waals surface area contributed by atoms with Crippen molar-refractivity contribution in [3.63, 3.8) is 0 Å².